The molecule has 0 radical (unpaired) electrons. The van der Waals surface area contributed by atoms with E-state index in [1.54, 1.807) is 7.11 Å². The first kappa shape index (κ1) is 16.4. The van der Waals surface area contributed by atoms with E-state index in [4.69, 9.17) is 9.47 Å². The molecule has 3 heteroatoms. The summed E-state index contributed by atoms with van der Waals surface area (Å²) in [5, 5.41) is 10.0. The van der Waals surface area contributed by atoms with Gasteiger partial charge in [-0.25, -0.2) is 0 Å². The molecule has 0 aliphatic heterocycles. The molecular formula is C20H34O3. The second-order valence-corrected chi connectivity index (χ2v) is 8.81. The molecule has 3 nitrogen and oxygen atoms in total. The fraction of sp³-hybridized carbons (Fsp3) is 1.00. The number of aliphatic hydroxyl groups excluding tert-OH is 1. The Balaban J connectivity index is 1.40. The molecule has 132 valence electrons. The largest absolute Gasteiger partial charge is 0.393 e. The Hall–Kier alpha value is -0.120. The van der Waals surface area contributed by atoms with Crippen molar-refractivity contribution >= 4 is 0 Å². The molecule has 0 amide bonds. The zero-order chi connectivity index (χ0) is 15.8. The van der Waals surface area contributed by atoms with Crippen molar-refractivity contribution in [2.24, 2.45) is 35.5 Å². The standard InChI is InChI=1S/C20H34O3/c1-22-12-23-16-5-9-18-14(11-16)3-7-19-17-8-4-15(21)10-13(17)2-6-20(18)19/h13-21H,2-12H2,1H3/t13-,14+,15-,16+,17+,18-,19-,20+/m0/s1. The van der Waals surface area contributed by atoms with Crippen molar-refractivity contribution < 1.29 is 14.6 Å². The second kappa shape index (κ2) is 7.01. The lowest BCUT2D eigenvalue weighted by Gasteiger charge is -2.55. The van der Waals surface area contributed by atoms with Crippen LogP contribution in [0.3, 0.4) is 0 Å². The number of rotatable bonds is 3. The van der Waals surface area contributed by atoms with Gasteiger partial charge in [-0.2, -0.15) is 0 Å². The van der Waals surface area contributed by atoms with Crippen LogP contribution in [0, 0.1) is 35.5 Å². The molecule has 4 saturated carbocycles. The van der Waals surface area contributed by atoms with Crippen LogP contribution >= 0.6 is 0 Å². The maximum absolute atomic E-state index is 10.0. The number of hydrogen-bond acceptors (Lipinski definition) is 3. The lowest BCUT2D eigenvalue weighted by molar-refractivity contribution is -0.118. The van der Waals surface area contributed by atoms with Gasteiger partial charge < -0.3 is 14.6 Å². The summed E-state index contributed by atoms with van der Waals surface area (Å²) in [5.74, 6) is 5.58. The molecule has 8 atom stereocenters. The smallest absolute Gasteiger partial charge is 0.146 e. The van der Waals surface area contributed by atoms with E-state index in [2.05, 4.69) is 0 Å². The Kier molecular flexibility index (Phi) is 4.99. The Morgan fingerprint density at radius 3 is 2.04 bits per heavy atom. The highest BCUT2D eigenvalue weighted by molar-refractivity contribution is 4.99. The van der Waals surface area contributed by atoms with Crippen molar-refractivity contribution in [2.75, 3.05) is 13.9 Å². The maximum atomic E-state index is 10.0. The highest BCUT2D eigenvalue weighted by Gasteiger charge is 2.49. The first-order valence-electron chi connectivity index (χ1n) is 10.0. The van der Waals surface area contributed by atoms with Crippen LogP contribution in [-0.2, 0) is 9.47 Å². The summed E-state index contributed by atoms with van der Waals surface area (Å²) in [7, 11) is 1.72. The summed E-state index contributed by atoms with van der Waals surface area (Å²) in [6, 6.07) is 0. The van der Waals surface area contributed by atoms with Gasteiger partial charge in [0, 0.05) is 7.11 Å². The lowest BCUT2D eigenvalue weighted by atomic mass is 9.51. The third-order valence-corrected chi connectivity index (χ3v) is 7.82. The van der Waals surface area contributed by atoms with E-state index in [0.717, 1.165) is 48.3 Å². The predicted molar refractivity (Wildman–Crippen MR) is 89.9 cm³/mol. The third kappa shape index (κ3) is 3.21. The van der Waals surface area contributed by atoms with Crippen LogP contribution in [0.25, 0.3) is 0 Å². The summed E-state index contributed by atoms with van der Waals surface area (Å²) >= 11 is 0. The molecule has 0 aromatic carbocycles. The lowest BCUT2D eigenvalue weighted by Crippen LogP contribution is -2.48. The molecule has 0 saturated heterocycles. The second-order valence-electron chi connectivity index (χ2n) is 8.81. The van der Waals surface area contributed by atoms with E-state index in [-0.39, 0.29) is 6.10 Å². The number of hydrogen-bond donors (Lipinski definition) is 1. The number of aliphatic hydroxyl groups is 1. The van der Waals surface area contributed by atoms with E-state index in [0.29, 0.717) is 12.9 Å². The van der Waals surface area contributed by atoms with Gasteiger partial charge in [-0.15, -0.1) is 0 Å². The average molecular weight is 322 g/mol. The molecule has 4 aliphatic carbocycles. The van der Waals surface area contributed by atoms with Crippen LogP contribution in [0.5, 0.6) is 0 Å². The van der Waals surface area contributed by atoms with Crippen molar-refractivity contribution in [1.29, 1.82) is 0 Å². The zero-order valence-electron chi connectivity index (χ0n) is 14.7. The molecule has 0 bridgehead atoms. The van der Waals surface area contributed by atoms with Gasteiger partial charge in [-0.05, 0) is 99.7 Å². The van der Waals surface area contributed by atoms with Crippen LogP contribution in [-0.4, -0.2) is 31.2 Å². The SMILES string of the molecule is COCO[C@@H]1CC[C@H]2[C@H](CC[C@@H]3[C@@H]2CC[C@H]2C[C@@H](O)CC[C@H]23)C1. The van der Waals surface area contributed by atoms with Gasteiger partial charge in [0.25, 0.3) is 0 Å². The van der Waals surface area contributed by atoms with Gasteiger partial charge in [0.05, 0.1) is 12.2 Å². The van der Waals surface area contributed by atoms with Crippen molar-refractivity contribution in [2.45, 2.75) is 76.4 Å². The minimum atomic E-state index is -0.00230. The van der Waals surface area contributed by atoms with Gasteiger partial charge in [-0.1, -0.05) is 0 Å². The molecule has 0 spiro atoms. The fourth-order valence-corrected chi connectivity index (χ4v) is 6.92. The number of fused-ring (bicyclic) bond motifs is 5. The minimum absolute atomic E-state index is 0.00230. The Labute approximate surface area is 141 Å². The van der Waals surface area contributed by atoms with Crippen LogP contribution in [0.4, 0.5) is 0 Å². The van der Waals surface area contributed by atoms with Crippen molar-refractivity contribution in [3.8, 4) is 0 Å². The van der Waals surface area contributed by atoms with Crippen LogP contribution in [0.2, 0.25) is 0 Å². The summed E-state index contributed by atoms with van der Waals surface area (Å²) < 4.78 is 11.0. The van der Waals surface area contributed by atoms with E-state index < -0.39 is 0 Å². The quantitative estimate of drug-likeness (QED) is 0.799. The van der Waals surface area contributed by atoms with Gasteiger partial charge in [0.1, 0.15) is 6.79 Å². The first-order chi connectivity index (χ1) is 11.3. The Bertz CT molecular complexity index is 398. The third-order valence-electron chi connectivity index (χ3n) is 7.82. The van der Waals surface area contributed by atoms with Crippen LogP contribution in [0.1, 0.15) is 64.2 Å². The Morgan fingerprint density at radius 1 is 0.739 bits per heavy atom. The predicted octanol–water partition coefficient (Wildman–Crippen LogP) is 3.99. The molecule has 0 unspecified atom stereocenters. The van der Waals surface area contributed by atoms with Gasteiger partial charge in [0.2, 0.25) is 0 Å². The number of ether oxygens (including phenoxy) is 2. The molecule has 4 fully saturated rings. The first-order valence-corrected chi connectivity index (χ1v) is 10.0. The summed E-state index contributed by atoms with van der Waals surface area (Å²) in [6.07, 6.45) is 13.4. The highest BCUT2D eigenvalue weighted by Crippen LogP contribution is 2.57. The Morgan fingerprint density at radius 2 is 1.35 bits per heavy atom. The molecule has 0 aromatic rings. The minimum Gasteiger partial charge on any atom is -0.393 e. The molecule has 0 aromatic heterocycles. The van der Waals surface area contributed by atoms with Crippen molar-refractivity contribution in [3.63, 3.8) is 0 Å². The molecule has 4 rings (SSSR count). The monoisotopic (exact) mass is 322 g/mol. The highest BCUT2D eigenvalue weighted by atomic mass is 16.7. The van der Waals surface area contributed by atoms with Crippen molar-refractivity contribution in [3.05, 3.63) is 0 Å². The van der Waals surface area contributed by atoms with Crippen LogP contribution < -0.4 is 0 Å². The van der Waals surface area contributed by atoms with Gasteiger partial charge >= 0.3 is 0 Å². The van der Waals surface area contributed by atoms with E-state index in [1.807, 2.05) is 0 Å². The van der Waals surface area contributed by atoms with Gasteiger partial charge in [-0.3, -0.25) is 0 Å². The van der Waals surface area contributed by atoms with Crippen LogP contribution in [0.15, 0.2) is 0 Å². The topological polar surface area (TPSA) is 38.7 Å². The van der Waals surface area contributed by atoms with Crippen molar-refractivity contribution in [1.82, 2.24) is 0 Å². The van der Waals surface area contributed by atoms with Gasteiger partial charge in [0.15, 0.2) is 0 Å². The molecule has 0 heterocycles. The normalized spacial score (nSPS) is 49.8. The maximum Gasteiger partial charge on any atom is 0.146 e. The molecule has 4 aliphatic rings. The number of methoxy groups -OCH3 is 1. The molecule has 1 N–H and O–H groups in total. The summed E-state index contributed by atoms with van der Waals surface area (Å²) in [6.45, 7) is 0.459. The molecule has 23 heavy (non-hydrogen) atoms. The zero-order valence-corrected chi connectivity index (χ0v) is 14.7. The average Bonchev–Trinajstić information content (AvgIpc) is 2.58. The summed E-state index contributed by atoms with van der Waals surface area (Å²) in [4.78, 5) is 0. The fourth-order valence-electron chi connectivity index (χ4n) is 6.92. The molecular weight excluding hydrogens is 288 g/mol. The van der Waals surface area contributed by atoms with E-state index in [1.165, 1.54) is 51.4 Å². The summed E-state index contributed by atoms with van der Waals surface area (Å²) in [5.41, 5.74) is 0. The van der Waals surface area contributed by atoms with E-state index >= 15 is 0 Å². The van der Waals surface area contributed by atoms with E-state index in [9.17, 15) is 5.11 Å².